The van der Waals surface area contributed by atoms with Crippen LogP contribution < -0.4 is 10.2 Å². The van der Waals surface area contributed by atoms with E-state index < -0.39 is 0 Å². The molecule has 0 saturated carbocycles. The average Bonchev–Trinajstić information content (AvgIpc) is 2.43. The van der Waals surface area contributed by atoms with Crippen LogP contribution in [-0.4, -0.2) is 18.6 Å². The van der Waals surface area contributed by atoms with Gasteiger partial charge in [0.15, 0.2) is 0 Å². The van der Waals surface area contributed by atoms with Gasteiger partial charge < -0.3 is 10.2 Å². The van der Waals surface area contributed by atoms with E-state index in [4.69, 9.17) is 0 Å². The van der Waals surface area contributed by atoms with Gasteiger partial charge in [-0.25, -0.2) is 0 Å². The quantitative estimate of drug-likeness (QED) is 0.799. The second kappa shape index (κ2) is 6.31. The Morgan fingerprint density at radius 3 is 2.37 bits per heavy atom. The van der Waals surface area contributed by atoms with Crippen molar-refractivity contribution in [2.75, 3.05) is 23.3 Å². The SMILES string of the molecule is CCCN1c2ccccc2NCC1(CCC)CCC. The van der Waals surface area contributed by atoms with E-state index in [0.717, 1.165) is 6.54 Å². The van der Waals surface area contributed by atoms with Gasteiger partial charge in [0.2, 0.25) is 0 Å². The van der Waals surface area contributed by atoms with E-state index in [-0.39, 0.29) is 0 Å². The molecule has 0 aromatic heterocycles. The molecule has 1 aromatic carbocycles. The standard InChI is InChI=1S/C17H28N2/c1-4-11-17(12-5-2)14-18-15-9-7-8-10-16(15)19(17)13-6-3/h7-10,18H,4-6,11-14H2,1-3H3. The van der Waals surface area contributed by atoms with E-state index in [1.807, 2.05) is 0 Å². The average molecular weight is 260 g/mol. The molecule has 106 valence electrons. The zero-order chi connectivity index (χ0) is 13.7. The first kappa shape index (κ1) is 14.2. The van der Waals surface area contributed by atoms with Crippen LogP contribution >= 0.6 is 0 Å². The van der Waals surface area contributed by atoms with Crippen LogP contribution in [0.3, 0.4) is 0 Å². The highest BCUT2D eigenvalue weighted by Crippen LogP contribution is 2.40. The number of hydrogen-bond acceptors (Lipinski definition) is 2. The number of benzene rings is 1. The summed E-state index contributed by atoms with van der Waals surface area (Å²) < 4.78 is 0. The number of anilines is 2. The Balaban J connectivity index is 2.38. The number of rotatable bonds is 6. The first-order chi connectivity index (χ1) is 9.27. The largest absolute Gasteiger partial charge is 0.381 e. The summed E-state index contributed by atoms with van der Waals surface area (Å²) in [6.07, 6.45) is 6.28. The van der Waals surface area contributed by atoms with Gasteiger partial charge in [-0.2, -0.15) is 0 Å². The topological polar surface area (TPSA) is 15.3 Å². The van der Waals surface area contributed by atoms with Crippen molar-refractivity contribution in [3.63, 3.8) is 0 Å². The molecule has 1 aliphatic heterocycles. The van der Waals surface area contributed by atoms with Crippen molar-refractivity contribution in [2.45, 2.75) is 58.4 Å². The van der Waals surface area contributed by atoms with Gasteiger partial charge in [0.25, 0.3) is 0 Å². The van der Waals surface area contributed by atoms with Crippen LogP contribution in [-0.2, 0) is 0 Å². The summed E-state index contributed by atoms with van der Waals surface area (Å²) >= 11 is 0. The van der Waals surface area contributed by atoms with Crippen LogP contribution in [0.2, 0.25) is 0 Å². The van der Waals surface area contributed by atoms with Gasteiger partial charge in [0.05, 0.1) is 16.9 Å². The number of para-hydroxylation sites is 2. The molecular formula is C17H28N2. The fourth-order valence-corrected chi connectivity index (χ4v) is 3.55. The highest BCUT2D eigenvalue weighted by atomic mass is 15.3. The molecule has 2 rings (SSSR count). The van der Waals surface area contributed by atoms with Crippen molar-refractivity contribution in [3.8, 4) is 0 Å². The van der Waals surface area contributed by atoms with Crippen molar-refractivity contribution in [1.29, 1.82) is 0 Å². The maximum absolute atomic E-state index is 3.67. The molecule has 0 atom stereocenters. The van der Waals surface area contributed by atoms with Crippen LogP contribution in [0.4, 0.5) is 11.4 Å². The first-order valence-corrected chi connectivity index (χ1v) is 7.88. The molecule has 0 spiro atoms. The normalized spacial score (nSPS) is 16.9. The summed E-state index contributed by atoms with van der Waals surface area (Å²) in [5.74, 6) is 0. The Morgan fingerprint density at radius 1 is 1.05 bits per heavy atom. The van der Waals surface area contributed by atoms with E-state index in [1.165, 1.54) is 50.0 Å². The minimum Gasteiger partial charge on any atom is -0.381 e. The molecule has 2 heteroatoms. The van der Waals surface area contributed by atoms with E-state index in [0.29, 0.717) is 5.54 Å². The van der Waals surface area contributed by atoms with Crippen molar-refractivity contribution in [2.24, 2.45) is 0 Å². The molecule has 1 N–H and O–H groups in total. The molecule has 0 fully saturated rings. The van der Waals surface area contributed by atoms with Gasteiger partial charge in [-0.05, 0) is 31.4 Å². The lowest BCUT2D eigenvalue weighted by Crippen LogP contribution is -2.56. The number of nitrogens with one attached hydrogen (secondary N) is 1. The molecule has 0 radical (unpaired) electrons. The molecule has 0 aliphatic carbocycles. The highest BCUT2D eigenvalue weighted by molar-refractivity contribution is 5.73. The summed E-state index contributed by atoms with van der Waals surface area (Å²) in [6.45, 7) is 9.15. The Kier molecular flexibility index (Phi) is 4.73. The zero-order valence-electron chi connectivity index (χ0n) is 12.7. The maximum Gasteiger partial charge on any atom is 0.0607 e. The number of nitrogens with zero attached hydrogens (tertiary/aromatic N) is 1. The van der Waals surface area contributed by atoms with Crippen LogP contribution in [0.15, 0.2) is 24.3 Å². The molecule has 1 heterocycles. The molecule has 0 amide bonds. The summed E-state index contributed by atoms with van der Waals surface area (Å²) in [6, 6.07) is 8.77. The third-order valence-electron chi connectivity index (χ3n) is 4.25. The Labute approximate surface area is 118 Å². The minimum atomic E-state index is 0.313. The molecule has 1 aliphatic rings. The molecule has 0 saturated heterocycles. The lowest BCUT2D eigenvalue weighted by Gasteiger charge is -2.50. The summed E-state index contributed by atoms with van der Waals surface area (Å²) in [4.78, 5) is 2.69. The van der Waals surface area contributed by atoms with Gasteiger partial charge in [-0.15, -0.1) is 0 Å². The molecule has 0 bridgehead atoms. The number of hydrogen-bond donors (Lipinski definition) is 1. The van der Waals surface area contributed by atoms with Gasteiger partial charge in [-0.1, -0.05) is 45.7 Å². The Bertz CT molecular complexity index is 394. The van der Waals surface area contributed by atoms with Crippen molar-refractivity contribution < 1.29 is 0 Å². The third kappa shape index (κ3) is 2.72. The van der Waals surface area contributed by atoms with Gasteiger partial charge in [0, 0.05) is 13.1 Å². The second-order valence-electron chi connectivity index (χ2n) is 5.75. The smallest absolute Gasteiger partial charge is 0.0607 e. The predicted octanol–water partition coefficient (Wildman–Crippen LogP) is 4.67. The lowest BCUT2D eigenvalue weighted by atomic mass is 9.84. The van der Waals surface area contributed by atoms with E-state index in [9.17, 15) is 0 Å². The molecule has 0 unspecified atom stereocenters. The summed E-state index contributed by atoms with van der Waals surface area (Å²) in [5, 5.41) is 3.67. The highest BCUT2D eigenvalue weighted by Gasteiger charge is 2.38. The van der Waals surface area contributed by atoms with Crippen LogP contribution in [0, 0.1) is 0 Å². The maximum atomic E-state index is 3.67. The van der Waals surface area contributed by atoms with Gasteiger partial charge in [0.1, 0.15) is 0 Å². The van der Waals surface area contributed by atoms with Gasteiger partial charge >= 0.3 is 0 Å². The fourth-order valence-electron chi connectivity index (χ4n) is 3.55. The molecule has 19 heavy (non-hydrogen) atoms. The molecule has 1 aromatic rings. The van der Waals surface area contributed by atoms with Gasteiger partial charge in [-0.3, -0.25) is 0 Å². The minimum absolute atomic E-state index is 0.313. The molecule has 2 nitrogen and oxygen atoms in total. The zero-order valence-corrected chi connectivity index (χ0v) is 12.7. The van der Waals surface area contributed by atoms with E-state index >= 15 is 0 Å². The van der Waals surface area contributed by atoms with Crippen LogP contribution in [0.5, 0.6) is 0 Å². The monoisotopic (exact) mass is 260 g/mol. The van der Waals surface area contributed by atoms with Crippen molar-refractivity contribution >= 4 is 11.4 Å². The van der Waals surface area contributed by atoms with Crippen LogP contribution in [0.1, 0.15) is 52.9 Å². The Hall–Kier alpha value is -1.18. The second-order valence-corrected chi connectivity index (χ2v) is 5.75. The van der Waals surface area contributed by atoms with Crippen LogP contribution in [0.25, 0.3) is 0 Å². The van der Waals surface area contributed by atoms with Crippen molar-refractivity contribution in [1.82, 2.24) is 0 Å². The van der Waals surface area contributed by atoms with E-state index in [2.05, 4.69) is 55.3 Å². The van der Waals surface area contributed by atoms with E-state index in [1.54, 1.807) is 0 Å². The van der Waals surface area contributed by atoms with Crippen molar-refractivity contribution in [3.05, 3.63) is 24.3 Å². The fraction of sp³-hybridized carbons (Fsp3) is 0.647. The first-order valence-electron chi connectivity index (χ1n) is 7.88. The number of fused-ring (bicyclic) bond motifs is 1. The predicted molar refractivity (Wildman–Crippen MR) is 85.1 cm³/mol. The molecular weight excluding hydrogens is 232 g/mol. The lowest BCUT2D eigenvalue weighted by molar-refractivity contribution is 0.336. The summed E-state index contributed by atoms with van der Waals surface area (Å²) in [5.41, 5.74) is 3.02. The third-order valence-corrected chi connectivity index (χ3v) is 4.25. The Morgan fingerprint density at radius 2 is 1.74 bits per heavy atom. The summed E-state index contributed by atoms with van der Waals surface area (Å²) in [7, 11) is 0.